The van der Waals surface area contributed by atoms with Crippen molar-refractivity contribution in [3.8, 4) is 0 Å². The minimum atomic E-state index is -1.06. The molecule has 0 aromatic carbocycles. The number of rotatable bonds is 7. The average molecular weight is 260 g/mol. The summed E-state index contributed by atoms with van der Waals surface area (Å²) in [7, 11) is 0. The molecule has 1 unspecified atom stereocenters. The lowest BCUT2D eigenvalue weighted by Gasteiger charge is -2.05. The van der Waals surface area contributed by atoms with Gasteiger partial charge in [-0.3, -0.25) is 19.2 Å². The van der Waals surface area contributed by atoms with Crippen molar-refractivity contribution in [2.75, 3.05) is 0 Å². The van der Waals surface area contributed by atoms with Crippen molar-refractivity contribution in [1.82, 2.24) is 0 Å². The van der Waals surface area contributed by atoms with E-state index in [9.17, 15) is 19.2 Å². The molecular formula is C12H20O6. The fourth-order valence-corrected chi connectivity index (χ4v) is 1.12. The van der Waals surface area contributed by atoms with Crippen LogP contribution in [0.4, 0.5) is 0 Å². The fraction of sp³-hybridized carbons (Fsp3) is 0.667. The number of carbonyl (C=O) groups is 4. The first kappa shape index (κ1) is 18.6. The van der Waals surface area contributed by atoms with E-state index in [-0.39, 0.29) is 18.0 Å². The van der Waals surface area contributed by atoms with Crippen LogP contribution in [0, 0.1) is 5.92 Å². The molecule has 6 nitrogen and oxygen atoms in total. The van der Waals surface area contributed by atoms with Crippen molar-refractivity contribution in [1.29, 1.82) is 0 Å². The van der Waals surface area contributed by atoms with Crippen molar-refractivity contribution in [3.05, 3.63) is 0 Å². The lowest BCUT2D eigenvalue weighted by molar-refractivity contribution is -0.146. The lowest BCUT2D eigenvalue weighted by Crippen LogP contribution is -2.21. The molecule has 0 spiro atoms. The number of aliphatic carboxylic acids is 2. The molecule has 0 amide bonds. The summed E-state index contributed by atoms with van der Waals surface area (Å²) in [5, 5.41) is 16.4. The summed E-state index contributed by atoms with van der Waals surface area (Å²) in [4.78, 5) is 40.6. The van der Waals surface area contributed by atoms with Gasteiger partial charge in [0.05, 0.1) is 0 Å². The van der Waals surface area contributed by atoms with Crippen molar-refractivity contribution in [3.63, 3.8) is 0 Å². The Morgan fingerprint density at radius 2 is 1.56 bits per heavy atom. The van der Waals surface area contributed by atoms with E-state index in [1.807, 2.05) is 6.92 Å². The first-order valence-corrected chi connectivity index (χ1v) is 5.66. The number of unbranched alkanes of at least 4 members (excludes halogenated alkanes) is 1. The molecule has 0 aliphatic heterocycles. The Bertz CT molecular complexity index is 282. The molecule has 0 aromatic rings. The van der Waals surface area contributed by atoms with Gasteiger partial charge in [0, 0.05) is 0 Å². The predicted molar refractivity (Wildman–Crippen MR) is 64.3 cm³/mol. The number of Topliss-reactive ketones (excluding diaryl/α,β-unsaturated/α-hetero) is 2. The highest BCUT2D eigenvalue weighted by Gasteiger charge is 2.20. The summed E-state index contributed by atoms with van der Waals surface area (Å²) in [6.45, 7) is 4.54. The first-order chi connectivity index (χ1) is 8.22. The van der Waals surface area contributed by atoms with Crippen LogP contribution < -0.4 is 0 Å². The predicted octanol–water partition coefficient (Wildman–Crippen LogP) is 1.52. The summed E-state index contributed by atoms with van der Waals surface area (Å²) >= 11 is 0. The molecule has 0 heterocycles. The van der Waals surface area contributed by atoms with Crippen LogP contribution in [0.3, 0.4) is 0 Å². The molecule has 0 radical (unpaired) electrons. The standard InChI is InChI=1S/C8H14O3.C4H6O3/c1-3-4-5-7(6(2)9)8(10)11;1-3(5)2-4(6)7/h7H,3-5H2,1-2H3,(H,10,11);2H2,1H3,(H,6,7). The van der Waals surface area contributed by atoms with E-state index in [1.54, 1.807) is 0 Å². The van der Waals surface area contributed by atoms with Crippen LogP contribution in [0.25, 0.3) is 0 Å². The summed E-state index contributed by atoms with van der Waals surface area (Å²) in [5.41, 5.74) is 0. The minimum absolute atomic E-state index is 0.244. The molecule has 18 heavy (non-hydrogen) atoms. The molecule has 0 saturated carbocycles. The number of hydrogen-bond donors (Lipinski definition) is 2. The van der Waals surface area contributed by atoms with Crippen molar-refractivity contribution in [2.45, 2.75) is 46.5 Å². The molecule has 0 aliphatic rings. The Hall–Kier alpha value is -1.72. The van der Waals surface area contributed by atoms with E-state index < -0.39 is 17.9 Å². The quantitative estimate of drug-likeness (QED) is 0.672. The van der Waals surface area contributed by atoms with Gasteiger partial charge in [0.1, 0.15) is 23.9 Å². The monoisotopic (exact) mass is 260 g/mol. The molecular weight excluding hydrogens is 240 g/mol. The number of hydrogen-bond acceptors (Lipinski definition) is 4. The highest BCUT2D eigenvalue weighted by Crippen LogP contribution is 2.09. The molecule has 0 aliphatic carbocycles. The van der Waals surface area contributed by atoms with E-state index in [4.69, 9.17) is 10.2 Å². The van der Waals surface area contributed by atoms with Crippen LogP contribution in [0.1, 0.15) is 46.5 Å². The number of carboxylic acid groups (broad SMARTS) is 2. The largest absolute Gasteiger partial charge is 0.481 e. The second-order valence-electron chi connectivity index (χ2n) is 3.92. The molecule has 0 fully saturated rings. The topological polar surface area (TPSA) is 109 Å². The molecule has 0 bridgehead atoms. The van der Waals surface area contributed by atoms with E-state index in [0.29, 0.717) is 6.42 Å². The average Bonchev–Trinajstić information content (AvgIpc) is 2.15. The molecule has 104 valence electrons. The second-order valence-corrected chi connectivity index (χ2v) is 3.92. The number of carbonyl (C=O) groups excluding carboxylic acids is 2. The van der Waals surface area contributed by atoms with Crippen LogP contribution in [0.2, 0.25) is 0 Å². The maximum Gasteiger partial charge on any atom is 0.314 e. The van der Waals surface area contributed by atoms with Crippen LogP contribution in [-0.2, 0) is 19.2 Å². The third kappa shape index (κ3) is 12.4. The van der Waals surface area contributed by atoms with Gasteiger partial charge in [0.15, 0.2) is 0 Å². The summed E-state index contributed by atoms with van der Waals surface area (Å²) < 4.78 is 0. The van der Waals surface area contributed by atoms with Crippen molar-refractivity contribution in [2.24, 2.45) is 5.92 Å². The zero-order valence-corrected chi connectivity index (χ0v) is 10.9. The van der Waals surface area contributed by atoms with Crippen LogP contribution in [0.5, 0.6) is 0 Å². The zero-order valence-electron chi connectivity index (χ0n) is 10.9. The zero-order chi connectivity index (χ0) is 14.7. The van der Waals surface area contributed by atoms with Gasteiger partial charge >= 0.3 is 11.9 Å². The summed E-state index contributed by atoms with van der Waals surface area (Å²) in [6.07, 6.45) is 1.84. The Morgan fingerprint density at radius 3 is 1.72 bits per heavy atom. The lowest BCUT2D eigenvalue weighted by atomic mass is 9.99. The van der Waals surface area contributed by atoms with E-state index in [0.717, 1.165) is 12.8 Å². The van der Waals surface area contributed by atoms with E-state index in [2.05, 4.69) is 0 Å². The summed E-state index contributed by atoms with van der Waals surface area (Å²) in [6, 6.07) is 0. The Morgan fingerprint density at radius 1 is 1.06 bits per heavy atom. The van der Waals surface area contributed by atoms with Gasteiger partial charge in [-0.05, 0) is 20.3 Å². The van der Waals surface area contributed by atoms with Crippen LogP contribution in [-0.4, -0.2) is 33.7 Å². The van der Waals surface area contributed by atoms with Gasteiger partial charge in [-0.25, -0.2) is 0 Å². The highest BCUT2D eigenvalue weighted by atomic mass is 16.4. The Balaban J connectivity index is 0. The molecule has 0 aromatic heterocycles. The maximum atomic E-state index is 10.7. The van der Waals surface area contributed by atoms with Gasteiger partial charge in [-0.15, -0.1) is 0 Å². The van der Waals surface area contributed by atoms with E-state index >= 15 is 0 Å². The third-order valence-corrected chi connectivity index (χ3v) is 2.04. The fourth-order valence-electron chi connectivity index (χ4n) is 1.12. The highest BCUT2D eigenvalue weighted by molar-refractivity contribution is 5.96. The van der Waals surface area contributed by atoms with Crippen LogP contribution in [0.15, 0.2) is 0 Å². The summed E-state index contributed by atoms with van der Waals surface area (Å²) in [5.74, 6) is -3.40. The molecule has 6 heteroatoms. The first-order valence-electron chi connectivity index (χ1n) is 5.66. The molecule has 2 N–H and O–H groups in total. The number of carboxylic acids is 2. The normalized spacial score (nSPS) is 10.8. The van der Waals surface area contributed by atoms with Crippen molar-refractivity contribution < 1.29 is 29.4 Å². The van der Waals surface area contributed by atoms with Gasteiger partial charge in [-0.1, -0.05) is 19.8 Å². The smallest absolute Gasteiger partial charge is 0.314 e. The van der Waals surface area contributed by atoms with Gasteiger partial charge in [-0.2, -0.15) is 0 Å². The molecule has 0 rings (SSSR count). The Labute approximate surface area is 106 Å². The Kier molecular flexibility index (Phi) is 10.8. The molecule has 0 saturated heterocycles. The molecule has 1 atom stereocenters. The minimum Gasteiger partial charge on any atom is -0.481 e. The van der Waals surface area contributed by atoms with E-state index in [1.165, 1.54) is 13.8 Å². The van der Waals surface area contributed by atoms with Crippen molar-refractivity contribution >= 4 is 23.5 Å². The SMILES string of the molecule is CC(=O)CC(=O)O.CCCCC(C(C)=O)C(=O)O. The maximum absolute atomic E-state index is 10.7. The third-order valence-electron chi connectivity index (χ3n) is 2.04. The van der Waals surface area contributed by atoms with Gasteiger partial charge in [0.2, 0.25) is 0 Å². The van der Waals surface area contributed by atoms with Gasteiger partial charge < -0.3 is 10.2 Å². The van der Waals surface area contributed by atoms with Crippen LogP contribution >= 0.6 is 0 Å². The van der Waals surface area contributed by atoms with Gasteiger partial charge in [0.25, 0.3) is 0 Å². The second kappa shape index (κ2) is 10.4. The number of ketones is 2.